The minimum absolute atomic E-state index is 0.0112. The van der Waals surface area contributed by atoms with Crippen molar-refractivity contribution in [3.05, 3.63) is 88.7 Å². The van der Waals surface area contributed by atoms with Crippen LogP contribution < -0.4 is 15.4 Å². The Hall–Kier alpha value is -4.65. The first-order valence-corrected chi connectivity index (χ1v) is 15.2. The van der Waals surface area contributed by atoms with Gasteiger partial charge >= 0.3 is 12.1 Å². The van der Waals surface area contributed by atoms with Crippen LogP contribution in [0.4, 0.5) is 24.7 Å². The molecule has 4 rings (SSSR count). The molecule has 0 aliphatic rings. The number of sulfonamides is 1. The molecule has 2 atom stereocenters. The average Bonchev–Trinajstić information content (AvgIpc) is 3.32. The van der Waals surface area contributed by atoms with Crippen molar-refractivity contribution in [1.29, 1.82) is 5.26 Å². The number of nitriles is 1. The normalized spacial score (nSPS) is 13.4. The predicted octanol–water partition coefficient (Wildman–Crippen LogP) is 3.82. The molecule has 0 radical (unpaired) electrons. The summed E-state index contributed by atoms with van der Waals surface area (Å²) in [5.74, 6) is -3.11. The van der Waals surface area contributed by atoms with E-state index < -0.39 is 34.0 Å². The van der Waals surface area contributed by atoms with Crippen molar-refractivity contribution in [1.82, 2.24) is 14.9 Å². The molecule has 11 nitrogen and oxygen atoms in total. The number of aliphatic hydroxyl groups excluding tert-OH is 1. The number of nitrogen functional groups attached to an aromatic ring is 1. The zero-order valence-corrected chi connectivity index (χ0v) is 25.1. The summed E-state index contributed by atoms with van der Waals surface area (Å²) in [5, 5.41) is 33.5. The van der Waals surface area contributed by atoms with Gasteiger partial charge in [-0.15, -0.1) is 0 Å². The summed E-state index contributed by atoms with van der Waals surface area (Å²) in [6.45, 7) is 2.13. The highest BCUT2D eigenvalue weighted by Gasteiger charge is 2.37. The van der Waals surface area contributed by atoms with Gasteiger partial charge in [-0.25, -0.2) is 18.2 Å². The summed E-state index contributed by atoms with van der Waals surface area (Å²) >= 11 is 0. The molecule has 5 N–H and O–H groups in total. The fourth-order valence-corrected chi connectivity index (χ4v) is 5.95. The zero-order valence-electron chi connectivity index (χ0n) is 24.3. The molecule has 2 aromatic carbocycles. The number of halogens is 3. The minimum atomic E-state index is -4.91. The Morgan fingerprint density at radius 2 is 1.91 bits per heavy atom. The smallest absolute Gasteiger partial charge is 0.404 e. The lowest BCUT2D eigenvalue weighted by Gasteiger charge is -2.21. The molecule has 2 unspecified atom stereocenters. The first-order chi connectivity index (χ1) is 21.1. The van der Waals surface area contributed by atoms with Gasteiger partial charge in [0.05, 0.1) is 17.4 Å². The van der Waals surface area contributed by atoms with E-state index in [0.29, 0.717) is 32.8 Å². The Balaban J connectivity index is 1.50. The Morgan fingerprint density at radius 3 is 2.58 bits per heavy atom. The number of alkyl halides is 3. The maximum atomic E-state index is 12.8. The average molecular weight is 645 g/mol. The molecule has 0 aliphatic carbocycles. The van der Waals surface area contributed by atoms with Crippen LogP contribution in [0, 0.1) is 11.3 Å². The van der Waals surface area contributed by atoms with Crippen LogP contribution in [0.2, 0.25) is 0 Å². The topological polar surface area (TPSA) is 175 Å². The van der Waals surface area contributed by atoms with Crippen LogP contribution in [0.15, 0.2) is 60.8 Å². The van der Waals surface area contributed by atoms with E-state index >= 15 is 0 Å². The van der Waals surface area contributed by atoms with Crippen LogP contribution in [0.25, 0.3) is 10.9 Å². The number of nitrogens with zero attached hydrogens (tertiary/aromatic N) is 4. The van der Waals surface area contributed by atoms with Crippen LogP contribution in [0.5, 0.6) is 0 Å². The molecule has 15 heteroatoms. The molecular formula is C30H31F3N6O5S. The SMILES string of the molecule is CC(Cc1ccc2c(c1)cc(C(=O)O)n2Cc1cccc(N(C)S(=O)(=O)CC(F)(F)F)c1)NCC(O)c1cnc(N)c(C#N)c1. The Kier molecular flexibility index (Phi) is 9.71. The minimum Gasteiger partial charge on any atom is -0.477 e. The van der Waals surface area contributed by atoms with E-state index in [9.17, 15) is 36.6 Å². The van der Waals surface area contributed by atoms with E-state index in [2.05, 4.69) is 10.3 Å². The molecule has 4 aromatic rings. The number of benzene rings is 2. The van der Waals surface area contributed by atoms with Gasteiger partial charge in [-0.05, 0) is 60.9 Å². The number of pyridine rings is 1. The van der Waals surface area contributed by atoms with Crippen molar-refractivity contribution in [3.8, 4) is 6.07 Å². The lowest BCUT2D eigenvalue weighted by atomic mass is 10.0. The van der Waals surface area contributed by atoms with Crippen molar-refractivity contribution in [2.24, 2.45) is 0 Å². The van der Waals surface area contributed by atoms with Gasteiger partial charge in [-0.1, -0.05) is 18.2 Å². The Morgan fingerprint density at radius 1 is 1.18 bits per heavy atom. The van der Waals surface area contributed by atoms with Gasteiger partial charge in [0, 0.05) is 48.8 Å². The molecule has 0 saturated carbocycles. The van der Waals surface area contributed by atoms with E-state index in [4.69, 9.17) is 11.0 Å². The van der Waals surface area contributed by atoms with Gasteiger partial charge in [0.2, 0.25) is 10.0 Å². The number of nitrogens with two attached hydrogens (primary N) is 1. The van der Waals surface area contributed by atoms with Crippen LogP contribution in [-0.2, 0) is 23.0 Å². The third kappa shape index (κ3) is 8.09. The maximum absolute atomic E-state index is 12.8. The number of hydrogen-bond acceptors (Lipinski definition) is 8. The number of nitrogens with one attached hydrogen (secondary N) is 1. The van der Waals surface area contributed by atoms with Gasteiger partial charge in [-0.3, -0.25) is 4.31 Å². The zero-order chi connectivity index (χ0) is 33.1. The van der Waals surface area contributed by atoms with E-state index in [1.165, 1.54) is 36.5 Å². The first kappa shape index (κ1) is 33.2. The number of rotatable bonds is 12. The van der Waals surface area contributed by atoms with Gasteiger partial charge in [0.25, 0.3) is 0 Å². The molecule has 0 amide bonds. The summed E-state index contributed by atoms with van der Waals surface area (Å²) in [5.41, 5.74) is 8.24. The van der Waals surface area contributed by atoms with Gasteiger partial charge in [0.15, 0.2) is 5.75 Å². The summed E-state index contributed by atoms with van der Waals surface area (Å²) in [6.07, 6.45) is -3.88. The number of aromatic carboxylic acids is 1. The predicted molar refractivity (Wildman–Crippen MR) is 162 cm³/mol. The number of hydrogen-bond donors (Lipinski definition) is 4. The molecule has 45 heavy (non-hydrogen) atoms. The summed E-state index contributed by atoms with van der Waals surface area (Å²) in [4.78, 5) is 16.1. The quantitative estimate of drug-likeness (QED) is 0.179. The first-order valence-electron chi connectivity index (χ1n) is 13.6. The van der Waals surface area contributed by atoms with Crippen molar-refractivity contribution >= 4 is 38.4 Å². The van der Waals surface area contributed by atoms with E-state index in [1.54, 1.807) is 16.7 Å². The van der Waals surface area contributed by atoms with Crippen LogP contribution in [0.3, 0.4) is 0 Å². The second-order valence-corrected chi connectivity index (χ2v) is 12.7. The lowest BCUT2D eigenvalue weighted by molar-refractivity contribution is -0.106. The highest BCUT2D eigenvalue weighted by Crippen LogP contribution is 2.27. The number of anilines is 2. The summed E-state index contributed by atoms with van der Waals surface area (Å²) < 4.78 is 65.0. The largest absolute Gasteiger partial charge is 0.477 e. The van der Waals surface area contributed by atoms with Crippen molar-refractivity contribution in [2.75, 3.05) is 29.4 Å². The number of carboxylic acid groups (broad SMARTS) is 1. The lowest BCUT2D eigenvalue weighted by Crippen LogP contribution is -2.35. The van der Waals surface area contributed by atoms with E-state index in [1.807, 2.05) is 25.1 Å². The number of aromatic nitrogens is 2. The molecule has 2 heterocycles. The third-order valence-corrected chi connectivity index (χ3v) is 8.95. The van der Waals surface area contributed by atoms with Gasteiger partial charge in [-0.2, -0.15) is 18.4 Å². The molecule has 0 spiro atoms. The standard InChI is InChI=1S/C30H31F3N6O5S/c1-18(36-15-27(40)23-11-22(13-34)28(35)37-14-23)8-19-6-7-25-21(9-19)12-26(29(41)42)39(25)16-20-4-3-5-24(10-20)38(2)45(43,44)17-30(31,32)33/h3-7,9-12,14,18,27,36,40H,8,15-17H2,1-2H3,(H2,35,37)(H,41,42). The molecule has 0 fully saturated rings. The van der Waals surface area contributed by atoms with E-state index in [0.717, 1.165) is 12.6 Å². The van der Waals surface area contributed by atoms with Crippen LogP contribution >= 0.6 is 0 Å². The summed E-state index contributed by atoms with van der Waals surface area (Å²) in [7, 11) is -3.65. The molecule has 238 valence electrons. The Bertz CT molecular complexity index is 1870. The maximum Gasteiger partial charge on any atom is 0.404 e. The number of carboxylic acids is 1. The molecule has 0 bridgehead atoms. The van der Waals surface area contributed by atoms with Crippen molar-refractivity contribution in [3.63, 3.8) is 0 Å². The summed E-state index contributed by atoms with van der Waals surface area (Å²) in [6, 6.07) is 16.2. The van der Waals surface area contributed by atoms with E-state index in [-0.39, 0.29) is 41.9 Å². The number of carbonyl (C=O) groups is 1. The molecular weight excluding hydrogens is 613 g/mol. The molecule has 2 aromatic heterocycles. The Labute approximate surface area is 257 Å². The molecule has 0 aliphatic heterocycles. The fourth-order valence-electron chi connectivity index (χ4n) is 4.91. The third-order valence-electron chi connectivity index (χ3n) is 7.21. The molecule has 0 saturated heterocycles. The van der Waals surface area contributed by atoms with Crippen LogP contribution in [0.1, 0.15) is 45.8 Å². The second-order valence-electron chi connectivity index (χ2n) is 10.7. The highest BCUT2D eigenvalue weighted by molar-refractivity contribution is 7.92. The van der Waals surface area contributed by atoms with Crippen molar-refractivity contribution in [2.45, 2.75) is 38.2 Å². The fraction of sp³-hybridized carbons (Fsp3) is 0.300. The van der Waals surface area contributed by atoms with Gasteiger partial charge < -0.3 is 25.8 Å². The van der Waals surface area contributed by atoms with Crippen LogP contribution in [-0.4, -0.2) is 65.7 Å². The second kappa shape index (κ2) is 13.1. The number of fused-ring (bicyclic) bond motifs is 1. The number of aliphatic hydroxyl groups is 1. The monoisotopic (exact) mass is 644 g/mol. The highest BCUT2D eigenvalue weighted by atomic mass is 32.2. The van der Waals surface area contributed by atoms with Gasteiger partial charge in [0.1, 0.15) is 17.6 Å². The van der Waals surface area contributed by atoms with Crippen molar-refractivity contribution < 1.29 is 36.6 Å².